The lowest BCUT2D eigenvalue weighted by Crippen LogP contribution is -2.17. The predicted octanol–water partition coefficient (Wildman–Crippen LogP) is 3.91. The van der Waals surface area contributed by atoms with Crippen molar-refractivity contribution in [2.75, 3.05) is 18.9 Å². The van der Waals surface area contributed by atoms with E-state index in [4.69, 9.17) is 10.5 Å². The summed E-state index contributed by atoms with van der Waals surface area (Å²) in [6, 6.07) is 1.71. The Kier molecular flexibility index (Phi) is 10.6. The van der Waals surface area contributed by atoms with E-state index in [2.05, 4.69) is 40.7 Å². The van der Waals surface area contributed by atoms with Gasteiger partial charge in [-0.1, -0.05) is 32.9 Å². The van der Waals surface area contributed by atoms with Gasteiger partial charge in [0.25, 0.3) is 5.56 Å². The molecule has 1 aliphatic heterocycles. The van der Waals surface area contributed by atoms with Crippen molar-refractivity contribution < 1.29 is 4.74 Å². The minimum atomic E-state index is -0.271. The molecular weight excluding hydrogens is 354 g/mol. The lowest BCUT2D eigenvalue weighted by molar-refractivity contribution is 0.0968. The third-order valence-electron chi connectivity index (χ3n) is 3.75. The fraction of sp³-hybridized carbons (Fsp3) is 0.476. The molecule has 7 nitrogen and oxygen atoms in total. The molecule has 154 valence electrons. The Morgan fingerprint density at radius 1 is 1.32 bits per heavy atom. The number of rotatable bonds is 3. The van der Waals surface area contributed by atoms with Crippen LogP contribution >= 0.6 is 0 Å². The van der Waals surface area contributed by atoms with Gasteiger partial charge < -0.3 is 20.8 Å². The molecule has 2 aromatic heterocycles. The van der Waals surface area contributed by atoms with Crippen molar-refractivity contribution >= 4 is 22.7 Å². The maximum absolute atomic E-state index is 12.0. The van der Waals surface area contributed by atoms with Gasteiger partial charge in [-0.2, -0.15) is 4.98 Å². The highest BCUT2D eigenvalue weighted by Gasteiger charge is 2.09. The van der Waals surface area contributed by atoms with Crippen LogP contribution in [0.1, 0.15) is 57.7 Å². The third kappa shape index (κ3) is 7.52. The number of fused-ring (bicyclic) bond motifs is 1. The summed E-state index contributed by atoms with van der Waals surface area (Å²) in [5, 5.41) is 3.67. The van der Waals surface area contributed by atoms with E-state index in [0.29, 0.717) is 22.6 Å². The van der Waals surface area contributed by atoms with Crippen LogP contribution in [0.5, 0.6) is 0 Å². The molecule has 2 aromatic rings. The Hall–Kier alpha value is -2.67. The first-order valence-electron chi connectivity index (χ1n) is 9.76. The van der Waals surface area contributed by atoms with Crippen molar-refractivity contribution in [3.8, 4) is 0 Å². The van der Waals surface area contributed by atoms with Gasteiger partial charge >= 0.3 is 0 Å². The number of ether oxygens (including phenoxy) is 1. The number of nitrogen functional groups attached to an aromatic ring is 1. The highest BCUT2D eigenvalue weighted by atomic mass is 16.5. The molecule has 0 saturated carbocycles. The van der Waals surface area contributed by atoms with Crippen molar-refractivity contribution in [3.05, 3.63) is 46.5 Å². The van der Waals surface area contributed by atoms with Gasteiger partial charge in [-0.3, -0.25) is 4.79 Å². The molecule has 4 N–H and O–H groups in total. The van der Waals surface area contributed by atoms with Gasteiger partial charge in [-0.05, 0) is 45.4 Å². The number of aromatic amines is 1. The average molecular weight is 388 g/mol. The third-order valence-corrected chi connectivity index (χ3v) is 3.75. The molecule has 0 aliphatic carbocycles. The molecule has 0 amide bonds. The number of hydrogen-bond acceptors (Lipinski definition) is 6. The van der Waals surface area contributed by atoms with E-state index in [1.165, 1.54) is 25.7 Å². The molecule has 1 aliphatic rings. The summed E-state index contributed by atoms with van der Waals surface area (Å²) in [6.45, 7) is 13.8. The second-order valence-corrected chi connectivity index (χ2v) is 6.44. The molecule has 3 heterocycles. The number of hydrogen-bond donors (Lipinski definition) is 3. The topological polar surface area (TPSA) is 106 Å². The van der Waals surface area contributed by atoms with Crippen LogP contribution in [0.4, 0.5) is 5.95 Å². The fourth-order valence-corrected chi connectivity index (χ4v) is 2.43. The standard InChI is InChI=1S/C13H15N5O.C5H10O.C3H8/c1-4-5-15-7(2)10-6-9-8(3)16-13(14)18-11(9)17-12(10)19;1-2-4-6-5-3-1;1-3-2/h4-6,15H,2H2,1,3H3,(H3,14,16,17,18,19);1-5H2;3H2,1-2H3/b5-4-;;. The van der Waals surface area contributed by atoms with Crippen molar-refractivity contribution in [2.24, 2.45) is 0 Å². The highest BCUT2D eigenvalue weighted by molar-refractivity contribution is 5.81. The molecule has 7 heteroatoms. The fourth-order valence-electron chi connectivity index (χ4n) is 2.43. The molecule has 0 bridgehead atoms. The molecule has 0 radical (unpaired) electrons. The number of nitrogens with one attached hydrogen (secondary N) is 2. The van der Waals surface area contributed by atoms with Crippen molar-refractivity contribution in [1.82, 2.24) is 20.3 Å². The lowest BCUT2D eigenvalue weighted by Gasteiger charge is -2.08. The molecule has 0 unspecified atom stereocenters. The minimum Gasteiger partial charge on any atom is -0.381 e. The molecule has 1 saturated heterocycles. The quantitative estimate of drug-likeness (QED) is 0.737. The number of nitrogens with two attached hydrogens (primary N) is 1. The number of allylic oxidation sites excluding steroid dienone is 1. The number of aromatic nitrogens is 3. The molecule has 3 rings (SSSR count). The number of H-pyrrole nitrogens is 1. The summed E-state index contributed by atoms with van der Waals surface area (Å²) in [5.41, 5.74) is 7.38. The van der Waals surface area contributed by atoms with Crippen LogP contribution < -0.4 is 16.6 Å². The first kappa shape index (κ1) is 23.4. The first-order chi connectivity index (χ1) is 13.4. The van der Waals surface area contributed by atoms with Crippen LogP contribution in [-0.2, 0) is 4.74 Å². The molecular formula is C21H33N5O2. The predicted molar refractivity (Wildman–Crippen MR) is 117 cm³/mol. The SMILES string of the molecule is C1CCOCC1.C=C(N/C=C\C)c1cc2c(C)nc(N)nc2[nH]c1=O.CCC. The largest absolute Gasteiger partial charge is 0.381 e. The van der Waals surface area contributed by atoms with E-state index < -0.39 is 0 Å². The monoisotopic (exact) mass is 387 g/mol. The van der Waals surface area contributed by atoms with Crippen LogP contribution in [0.25, 0.3) is 16.7 Å². The van der Waals surface area contributed by atoms with Crippen LogP contribution in [0.3, 0.4) is 0 Å². The maximum atomic E-state index is 12.0. The Morgan fingerprint density at radius 3 is 2.46 bits per heavy atom. The highest BCUT2D eigenvalue weighted by Crippen LogP contribution is 2.16. The zero-order chi connectivity index (χ0) is 20.9. The van der Waals surface area contributed by atoms with E-state index in [1.807, 2.05) is 19.9 Å². The van der Waals surface area contributed by atoms with Crippen molar-refractivity contribution in [2.45, 2.75) is 53.4 Å². The van der Waals surface area contributed by atoms with Crippen LogP contribution in [0, 0.1) is 6.92 Å². The van der Waals surface area contributed by atoms with Gasteiger partial charge in [-0.25, -0.2) is 4.98 Å². The average Bonchev–Trinajstić information content (AvgIpc) is 2.68. The zero-order valence-electron chi connectivity index (χ0n) is 17.5. The van der Waals surface area contributed by atoms with Crippen molar-refractivity contribution in [1.29, 1.82) is 0 Å². The van der Waals surface area contributed by atoms with Crippen LogP contribution in [-0.4, -0.2) is 28.2 Å². The normalized spacial score (nSPS) is 13.3. The van der Waals surface area contributed by atoms with Crippen LogP contribution in [0.2, 0.25) is 0 Å². The second-order valence-electron chi connectivity index (χ2n) is 6.44. The Balaban J connectivity index is 0.000000360. The summed E-state index contributed by atoms with van der Waals surface area (Å²) in [6.07, 6.45) is 8.70. The van der Waals surface area contributed by atoms with Gasteiger partial charge in [0.05, 0.1) is 11.3 Å². The number of pyridine rings is 1. The lowest BCUT2D eigenvalue weighted by atomic mass is 10.1. The molecule has 0 aromatic carbocycles. The minimum absolute atomic E-state index is 0.138. The van der Waals surface area contributed by atoms with E-state index in [1.54, 1.807) is 12.3 Å². The van der Waals surface area contributed by atoms with E-state index >= 15 is 0 Å². The zero-order valence-corrected chi connectivity index (χ0v) is 17.5. The van der Waals surface area contributed by atoms with Crippen molar-refractivity contribution in [3.63, 3.8) is 0 Å². The summed E-state index contributed by atoms with van der Waals surface area (Å²) >= 11 is 0. The van der Waals surface area contributed by atoms with E-state index in [9.17, 15) is 4.79 Å². The van der Waals surface area contributed by atoms with Gasteiger partial charge in [0.2, 0.25) is 5.95 Å². The van der Waals surface area contributed by atoms with E-state index in [-0.39, 0.29) is 11.5 Å². The van der Waals surface area contributed by atoms with E-state index in [0.717, 1.165) is 18.6 Å². The summed E-state index contributed by atoms with van der Waals surface area (Å²) in [7, 11) is 0. The molecule has 1 fully saturated rings. The Morgan fingerprint density at radius 2 is 1.96 bits per heavy atom. The molecule has 0 atom stereocenters. The Labute approximate surface area is 167 Å². The van der Waals surface area contributed by atoms with Gasteiger partial charge in [0, 0.05) is 24.3 Å². The maximum Gasteiger partial charge on any atom is 0.258 e. The Bertz CT molecular complexity index is 827. The van der Waals surface area contributed by atoms with Gasteiger partial charge in [0.15, 0.2) is 0 Å². The summed E-state index contributed by atoms with van der Waals surface area (Å²) in [5.74, 6) is 0.138. The van der Waals surface area contributed by atoms with Gasteiger partial charge in [0.1, 0.15) is 5.65 Å². The second kappa shape index (κ2) is 12.7. The number of aryl methyl sites for hydroxylation is 1. The van der Waals surface area contributed by atoms with Gasteiger partial charge in [-0.15, -0.1) is 0 Å². The van der Waals surface area contributed by atoms with Crippen LogP contribution in [0.15, 0.2) is 29.7 Å². The summed E-state index contributed by atoms with van der Waals surface area (Å²) in [4.78, 5) is 22.7. The first-order valence-corrected chi connectivity index (χ1v) is 9.76. The smallest absolute Gasteiger partial charge is 0.258 e. The number of anilines is 1. The molecule has 0 spiro atoms. The molecule has 28 heavy (non-hydrogen) atoms. The number of nitrogens with zero attached hydrogens (tertiary/aromatic N) is 2. The summed E-state index contributed by atoms with van der Waals surface area (Å²) < 4.78 is 5.07.